The lowest BCUT2D eigenvalue weighted by Crippen LogP contribution is -2.47. The molecule has 5 nitrogen and oxygen atoms in total. The largest absolute Gasteiger partial charge is 0.365 e. The van der Waals surface area contributed by atoms with Crippen molar-refractivity contribution in [3.8, 4) is 11.3 Å². The summed E-state index contributed by atoms with van der Waals surface area (Å²) in [5, 5.41) is 5.80. The van der Waals surface area contributed by atoms with Gasteiger partial charge in [0.25, 0.3) is 0 Å². The molecule has 2 heterocycles. The van der Waals surface area contributed by atoms with Crippen molar-refractivity contribution >= 4 is 28.3 Å². The van der Waals surface area contributed by atoms with Crippen molar-refractivity contribution in [3.05, 3.63) is 162 Å². The number of oxime groups is 1. The number of aromatic nitrogens is 1. The average molecular weight is 534 g/mol. The molecule has 0 saturated carbocycles. The zero-order valence-corrected chi connectivity index (χ0v) is 22.5. The van der Waals surface area contributed by atoms with Gasteiger partial charge in [-0.25, -0.2) is 4.79 Å². The maximum Gasteiger partial charge on any atom is 0.365 e. The summed E-state index contributed by atoms with van der Waals surface area (Å²) in [7, 11) is 2.09. The maximum absolute atomic E-state index is 13.2. The molecule has 0 spiro atoms. The van der Waals surface area contributed by atoms with Gasteiger partial charge in [-0.15, -0.1) is 0 Å². The zero-order valence-electron chi connectivity index (χ0n) is 22.5. The van der Waals surface area contributed by atoms with Crippen LogP contribution >= 0.6 is 0 Å². The van der Waals surface area contributed by atoms with Crippen molar-refractivity contribution < 1.29 is 9.63 Å². The third-order valence-electron chi connectivity index (χ3n) is 7.92. The van der Waals surface area contributed by atoms with E-state index in [0.29, 0.717) is 11.3 Å². The number of carbonyl (C=O) groups excluding carboxylic acids is 1. The fourth-order valence-electron chi connectivity index (χ4n) is 6.11. The Kier molecular flexibility index (Phi) is 5.98. The van der Waals surface area contributed by atoms with E-state index in [1.165, 1.54) is 0 Å². The summed E-state index contributed by atoms with van der Waals surface area (Å²) in [5.74, 6) is -0.505. The van der Waals surface area contributed by atoms with Crippen LogP contribution in [0.25, 0.3) is 22.2 Å². The van der Waals surface area contributed by atoms with Crippen molar-refractivity contribution in [1.82, 2.24) is 4.98 Å². The van der Waals surface area contributed by atoms with Crippen molar-refractivity contribution in [1.29, 1.82) is 0 Å². The van der Waals surface area contributed by atoms with E-state index >= 15 is 0 Å². The highest BCUT2D eigenvalue weighted by atomic mass is 16.7. The van der Waals surface area contributed by atoms with E-state index < -0.39 is 11.5 Å². The van der Waals surface area contributed by atoms with Crippen LogP contribution in [0.2, 0.25) is 0 Å². The Morgan fingerprint density at radius 3 is 2.10 bits per heavy atom. The number of likely N-dealkylation sites (N-methyl/N-ethyl adjacent to an activating group) is 1. The van der Waals surface area contributed by atoms with Gasteiger partial charge in [0, 0.05) is 34.8 Å². The Balaban J connectivity index is 1.57. The second-order valence-electron chi connectivity index (χ2n) is 10.1. The maximum atomic E-state index is 13.2. The summed E-state index contributed by atoms with van der Waals surface area (Å²) in [6, 6.07) is 46.1. The lowest BCUT2D eigenvalue weighted by Gasteiger charge is -2.39. The molecule has 1 atom stereocenters. The molecule has 7 rings (SSSR count). The fraction of sp³-hybridized carbons (Fsp3) is 0.0556. The molecule has 5 aromatic carbocycles. The first-order valence-corrected chi connectivity index (χ1v) is 13.6. The first kappa shape index (κ1) is 24.6. The van der Waals surface area contributed by atoms with Gasteiger partial charge in [0.2, 0.25) is 0 Å². The summed E-state index contributed by atoms with van der Waals surface area (Å²) in [6.45, 7) is 0. The fourth-order valence-corrected chi connectivity index (χ4v) is 6.11. The molecule has 1 aliphatic rings. The second-order valence-corrected chi connectivity index (χ2v) is 10.1. The first-order valence-electron chi connectivity index (χ1n) is 13.6. The van der Waals surface area contributed by atoms with E-state index in [4.69, 9.17) is 9.99 Å². The molecule has 0 fully saturated rings. The van der Waals surface area contributed by atoms with Gasteiger partial charge in [-0.3, -0.25) is 0 Å². The summed E-state index contributed by atoms with van der Waals surface area (Å²) < 4.78 is 0. The minimum Gasteiger partial charge on any atom is -0.355 e. The molecule has 41 heavy (non-hydrogen) atoms. The average Bonchev–Trinajstić information content (AvgIpc) is 3.55. The lowest BCUT2D eigenvalue weighted by molar-refractivity contribution is 0.0514. The van der Waals surface area contributed by atoms with E-state index in [-0.39, 0.29) is 0 Å². The lowest BCUT2D eigenvalue weighted by atomic mass is 9.76. The molecule has 0 saturated heterocycles. The molecule has 1 aromatic heterocycles. The monoisotopic (exact) mass is 533 g/mol. The summed E-state index contributed by atoms with van der Waals surface area (Å²) in [6.07, 6.45) is 0. The predicted molar refractivity (Wildman–Crippen MR) is 164 cm³/mol. The van der Waals surface area contributed by atoms with Crippen LogP contribution in [-0.2, 0) is 10.4 Å². The quantitative estimate of drug-likeness (QED) is 0.182. The van der Waals surface area contributed by atoms with Gasteiger partial charge in [-0.2, -0.15) is 0 Å². The molecule has 0 radical (unpaired) electrons. The van der Waals surface area contributed by atoms with Crippen LogP contribution in [0.4, 0.5) is 5.69 Å². The Morgan fingerprint density at radius 1 is 0.732 bits per heavy atom. The summed E-state index contributed by atoms with van der Waals surface area (Å²) >= 11 is 0. The van der Waals surface area contributed by atoms with E-state index in [0.717, 1.165) is 44.5 Å². The molecular weight excluding hydrogens is 506 g/mol. The summed E-state index contributed by atoms with van der Waals surface area (Å²) in [5.41, 5.74) is 7.17. The number of hydrogen-bond acceptors (Lipinski definition) is 4. The number of carbonyl (C=O) groups is 1. The standard InChI is InChI=1S/C36H27N3O2/c1-39-31-24-14-12-22-29(31)34(38-41-35(40)26-17-7-3-8-18-26)36(39,27-19-9-4-10-20-27)32-28-21-11-13-23-30(28)37-33(32)25-15-5-2-6-16-25/h2-24,37H,1H3/b38-34-. The molecular formula is C36H27N3O2. The number of aromatic amines is 1. The third-order valence-corrected chi connectivity index (χ3v) is 7.92. The molecule has 1 N–H and O–H groups in total. The number of para-hydroxylation sites is 2. The SMILES string of the molecule is CN1c2ccccc2/C(=N/OC(=O)c2ccccc2)C1(c1ccccc1)c1c(-c2ccccc2)[nH]c2ccccc12. The van der Waals surface area contributed by atoms with Crippen molar-refractivity contribution in [3.63, 3.8) is 0 Å². The molecule has 1 unspecified atom stereocenters. The normalized spacial score (nSPS) is 17.1. The molecule has 0 aliphatic carbocycles. The number of nitrogens with zero attached hydrogens (tertiary/aromatic N) is 2. The van der Waals surface area contributed by atoms with Gasteiger partial charge in [0.1, 0.15) is 11.3 Å². The highest BCUT2D eigenvalue weighted by molar-refractivity contribution is 6.21. The number of rotatable bonds is 5. The van der Waals surface area contributed by atoms with E-state index in [2.05, 4.69) is 65.5 Å². The molecule has 6 aromatic rings. The molecule has 0 amide bonds. The summed E-state index contributed by atoms with van der Waals surface area (Å²) in [4.78, 5) is 24.9. The van der Waals surface area contributed by atoms with E-state index in [1.807, 2.05) is 78.9 Å². The Labute approximate surface area is 238 Å². The van der Waals surface area contributed by atoms with Crippen molar-refractivity contribution in [2.45, 2.75) is 5.54 Å². The van der Waals surface area contributed by atoms with Crippen LogP contribution < -0.4 is 4.90 Å². The van der Waals surface area contributed by atoms with E-state index in [9.17, 15) is 4.79 Å². The van der Waals surface area contributed by atoms with Crippen LogP contribution in [-0.4, -0.2) is 23.7 Å². The highest BCUT2D eigenvalue weighted by Crippen LogP contribution is 2.53. The Bertz CT molecular complexity index is 1900. The Morgan fingerprint density at radius 2 is 1.34 bits per heavy atom. The van der Waals surface area contributed by atoms with Crippen molar-refractivity contribution in [2.24, 2.45) is 5.16 Å². The number of fused-ring (bicyclic) bond motifs is 2. The molecule has 1 aliphatic heterocycles. The smallest absolute Gasteiger partial charge is 0.355 e. The van der Waals surface area contributed by atoms with Gasteiger partial charge < -0.3 is 14.7 Å². The minimum absolute atomic E-state index is 0.443. The third kappa shape index (κ3) is 3.85. The predicted octanol–water partition coefficient (Wildman–Crippen LogP) is 7.79. The van der Waals surface area contributed by atoms with Gasteiger partial charge >= 0.3 is 5.97 Å². The molecule has 0 bridgehead atoms. The highest BCUT2D eigenvalue weighted by Gasteiger charge is 2.53. The van der Waals surface area contributed by atoms with Crippen LogP contribution in [0.1, 0.15) is 27.0 Å². The van der Waals surface area contributed by atoms with Gasteiger partial charge in [0.15, 0.2) is 0 Å². The number of nitrogens with one attached hydrogen (secondary N) is 1. The first-order chi connectivity index (χ1) is 20.2. The number of H-pyrrole nitrogens is 1. The van der Waals surface area contributed by atoms with Crippen LogP contribution in [0.5, 0.6) is 0 Å². The van der Waals surface area contributed by atoms with E-state index in [1.54, 1.807) is 12.1 Å². The Hall–Kier alpha value is -5.42. The zero-order chi connectivity index (χ0) is 27.8. The minimum atomic E-state index is -0.924. The second kappa shape index (κ2) is 9.96. The van der Waals surface area contributed by atoms with Gasteiger partial charge in [0.05, 0.1) is 11.3 Å². The molecule has 5 heteroatoms. The van der Waals surface area contributed by atoms with Crippen LogP contribution in [0.15, 0.2) is 145 Å². The number of anilines is 1. The van der Waals surface area contributed by atoms with Gasteiger partial charge in [-0.05, 0) is 35.4 Å². The van der Waals surface area contributed by atoms with Crippen LogP contribution in [0, 0.1) is 0 Å². The topological polar surface area (TPSA) is 57.7 Å². The van der Waals surface area contributed by atoms with Gasteiger partial charge in [-0.1, -0.05) is 120 Å². The van der Waals surface area contributed by atoms with Crippen LogP contribution in [0.3, 0.4) is 0 Å². The van der Waals surface area contributed by atoms with Crippen molar-refractivity contribution in [2.75, 3.05) is 11.9 Å². The number of benzene rings is 5. The number of hydrogen-bond donors (Lipinski definition) is 1. The molecule has 198 valence electrons.